The third-order valence-electron chi connectivity index (χ3n) is 7.63. The maximum Gasteiger partial charge on any atom is 0.420 e. The number of nitrogens with zero attached hydrogens (tertiary/aromatic N) is 1. The first-order valence-electron chi connectivity index (χ1n) is 12.3. The van der Waals surface area contributed by atoms with Gasteiger partial charge in [0.2, 0.25) is 0 Å². The van der Waals surface area contributed by atoms with Gasteiger partial charge in [0.05, 0.1) is 6.10 Å². The zero-order valence-electron chi connectivity index (χ0n) is 21.5. The summed E-state index contributed by atoms with van der Waals surface area (Å²) in [7, 11) is -2.60. The van der Waals surface area contributed by atoms with E-state index in [-0.39, 0.29) is 12.0 Å². The summed E-state index contributed by atoms with van der Waals surface area (Å²) >= 11 is 0. The number of hydrogen-bond acceptors (Lipinski definition) is 3. The fourth-order valence-electron chi connectivity index (χ4n) is 5.93. The quantitative estimate of drug-likeness (QED) is 0.397. The Labute approximate surface area is 199 Å². The zero-order valence-corrected chi connectivity index (χ0v) is 22.5. The van der Waals surface area contributed by atoms with E-state index in [1.54, 1.807) is 13.8 Å². The summed E-state index contributed by atoms with van der Waals surface area (Å²) in [5, 5.41) is 0. The Morgan fingerprint density at radius 1 is 1.12 bits per heavy atom. The van der Waals surface area contributed by atoms with Gasteiger partial charge < -0.3 is 9.16 Å². The highest BCUT2D eigenvalue weighted by Gasteiger charge is 2.69. The average molecular weight is 486 g/mol. The second kappa shape index (κ2) is 9.28. The monoisotopic (exact) mass is 485 g/mol. The second-order valence-corrected chi connectivity index (χ2v) is 16.4. The van der Waals surface area contributed by atoms with Crippen LogP contribution in [0.2, 0.25) is 19.6 Å². The Balaban J connectivity index is 2.18. The molecule has 3 rings (SSSR count). The molecular weight excluding hydrogens is 443 g/mol. The molecule has 0 aromatic heterocycles. The summed E-state index contributed by atoms with van der Waals surface area (Å²) in [6.07, 6.45) is -3.16. The summed E-state index contributed by atoms with van der Waals surface area (Å²) in [6, 6.07) is 9.76. The van der Waals surface area contributed by atoms with Crippen molar-refractivity contribution in [3.63, 3.8) is 0 Å². The molecule has 1 heterocycles. The van der Waals surface area contributed by atoms with Gasteiger partial charge in [-0.2, -0.15) is 13.2 Å². The summed E-state index contributed by atoms with van der Waals surface area (Å²) in [5.41, 5.74) is -1.90. The fraction of sp³-hybridized carbons (Fsp3) is 0.769. The van der Waals surface area contributed by atoms with Crippen LogP contribution in [-0.2, 0) is 15.7 Å². The standard InChI is InChI=1S/C26H42F3NO2Si/c1-18(2)25(26(27,28)29,32-33(6,7)8)23-30(17-20-12-10-9-11-13-20)24(4,5)21-15-14-19(3)16-22(21)31-23/h9-13,18-19,21-23H,14-17H2,1-8H3/t19-,21-,22-,23+,25+/m1/s1. The van der Waals surface area contributed by atoms with Crippen LogP contribution >= 0.6 is 0 Å². The Kier molecular flexibility index (Phi) is 7.51. The fourth-order valence-corrected chi connectivity index (χ4v) is 7.39. The van der Waals surface area contributed by atoms with Gasteiger partial charge in [0, 0.05) is 18.0 Å². The van der Waals surface area contributed by atoms with Gasteiger partial charge in [-0.3, -0.25) is 4.90 Å². The van der Waals surface area contributed by atoms with E-state index in [9.17, 15) is 0 Å². The molecule has 1 saturated carbocycles. The van der Waals surface area contributed by atoms with E-state index in [0.29, 0.717) is 12.5 Å². The van der Waals surface area contributed by atoms with Crippen LogP contribution < -0.4 is 0 Å². The lowest BCUT2D eigenvalue weighted by atomic mass is 9.68. The predicted molar refractivity (Wildman–Crippen MR) is 129 cm³/mol. The molecule has 0 spiro atoms. The molecule has 0 bridgehead atoms. The molecule has 7 heteroatoms. The van der Waals surface area contributed by atoms with Crippen molar-refractivity contribution in [3.05, 3.63) is 35.9 Å². The van der Waals surface area contributed by atoms with Gasteiger partial charge in [-0.05, 0) is 63.7 Å². The minimum atomic E-state index is -4.58. The van der Waals surface area contributed by atoms with E-state index in [0.717, 1.165) is 24.8 Å². The van der Waals surface area contributed by atoms with Crippen molar-refractivity contribution in [1.29, 1.82) is 0 Å². The van der Waals surface area contributed by atoms with Crippen molar-refractivity contribution in [1.82, 2.24) is 4.90 Å². The molecule has 188 valence electrons. The Bertz CT molecular complexity index is 793. The van der Waals surface area contributed by atoms with E-state index in [4.69, 9.17) is 9.16 Å². The molecule has 33 heavy (non-hydrogen) atoms. The molecule has 1 aromatic carbocycles. The first-order valence-corrected chi connectivity index (χ1v) is 15.7. The Hall–Kier alpha value is -0.893. The topological polar surface area (TPSA) is 21.7 Å². The molecule has 0 radical (unpaired) electrons. The van der Waals surface area contributed by atoms with Crippen molar-refractivity contribution >= 4 is 8.32 Å². The van der Waals surface area contributed by atoms with Gasteiger partial charge in [0.1, 0.15) is 6.23 Å². The summed E-state index contributed by atoms with van der Waals surface area (Å²) < 4.78 is 58.4. The molecule has 0 N–H and O–H groups in total. The molecule has 1 aliphatic carbocycles. The van der Waals surface area contributed by atoms with Crippen LogP contribution in [0.3, 0.4) is 0 Å². The lowest BCUT2D eigenvalue weighted by molar-refractivity contribution is -0.365. The van der Waals surface area contributed by atoms with E-state index >= 15 is 13.2 Å². The zero-order chi connectivity index (χ0) is 24.8. The van der Waals surface area contributed by atoms with Gasteiger partial charge >= 0.3 is 6.18 Å². The van der Waals surface area contributed by atoms with Crippen LogP contribution in [0.4, 0.5) is 13.2 Å². The Morgan fingerprint density at radius 2 is 1.73 bits per heavy atom. The number of benzene rings is 1. The van der Waals surface area contributed by atoms with Gasteiger partial charge in [-0.1, -0.05) is 57.5 Å². The number of halogens is 3. The molecule has 5 atom stereocenters. The van der Waals surface area contributed by atoms with Gasteiger partial charge in [0.25, 0.3) is 0 Å². The van der Waals surface area contributed by atoms with E-state index in [1.807, 2.05) is 54.9 Å². The highest BCUT2D eigenvalue weighted by molar-refractivity contribution is 6.69. The third-order valence-corrected chi connectivity index (χ3v) is 8.58. The number of ether oxygens (including phenoxy) is 1. The number of rotatable bonds is 6. The summed E-state index contributed by atoms with van der Waals surface area (Å²) in [5.74, 6) is -0.180. The molecule has 1 aliphatic heterocycles. The minimum absolute atomic E-state index is 0.179. The molecule has 1 saturated heterocycles. The molecule has 2 aliphatic rings. The van der Waals surface area contributed by atoms with Crippen LogP contribution in [0.1, 0.15) is 59.4 Å². The van der Waals surface area contributed by atoms with Crippen LogP contribution in [0.25, 0.3) is 0 Å². The smallest absolute Gasteiger partial charge is 0.401 e. The number of alkyl halides is 3. The highest BCUT2D eigenvalue weighted by Crippen LogP contribution is 2.53. The largest absolute Gasteiger partial charge is 0.420 e. The lowest BCUT2D eigenvalue weighted by Crippen LogP contribution is -2.75. The number of fused-ring (bicyclic) bond motifs is 1. The van der Waals surface area contributed by atoms with Crippen LogP contribution in [-0.4, -0.2) is 42.9 Å². The van der Waals surface area contributed by atoms with Gasteiger partial charge in [-0.25, -0.2) is 0 Å². The first kappa shape index (κ1) is 26.7. The Morgan fingerprint density at radius 3 is 2.24 bits per heavy atom. The average Bonchev–Trinajstić information content (AvgIpc) is 2.67. The minimum Gasteiger partial charge on any atom is -0.401 e. The number of hydrogen-bond donors (Lipinski definition) is 0. The maximum absolute atomic E-state index is 15.2. The van der Waals surface area contributed by atoms with Crippen molar-refractivity contribution in [3.8, 4) is 0 Å². The van der Waals surface area contributed by atoms with Crippen LogP contribution in [0, 0.1) is 17.8 Å². The SMILES string of the molecule is CC(C)[C@](O[Si](C)(C)C)([C@@H]1O[C@@H]2C[C@H](C)CC[C@H]2C(C)(C)N1Cc1ccccc1)C(F)(F)F. The first-order chi connectivity index (χ1) is 15.1. The molecular formula is C26H42F3NO2Si. The predicted octanol–water partition coefficient (Wildman–Crippen LogP) is 7.24. The van der Waals surface area contributed by atoms with E-state index < -0.39 is 37.8 Å². The highest BCUT2D eigenvalue weighted by atomic mass is 28.4. The maximum atomic E-state index is 15.2. The molecule has 2 fully saturated rings. The van der Waals surface area contributed by atoms with E-state index in [2.05, 4.69) is 20.8 Å². The summed E-state index contributed by atoms with van der Waals surface area (Å²) in [6.45, 7) is 15.5. The molecule has 0 amide bonds. The normalized spacial score (nSPS) is 30.7. The van der Waals surface area contributed by atoms with Crippen molar-refractivity contribution in [2.75, 3.05) is 0 Å². The molecule has 1 aromatic rings. The molecule has 3 nitrogen and oxygen atoms in total. The van der Waals surface area contributed by atoms with Gasteiger partial charge in [0.15, 0.2) is 13.9 Å². The lowest BCUT2D eigenvalue weighted by Gasteiger charge is -2.62. The van der Waals surface area contributed by atoms with Crippen LogP contribution in [0.15, 0.2) is 30.3 Å². The van der Waals surface area contributed by atoms with Crippen LogP contribution in [0.5, 0.6) is 0 Å². The van der Waals surface area contributed by atoms with E-state index in [1.165, 1.54) is 0 Å². The van der Waals surface area contributed by atoms with Crippen molar-refractivity contribution < 1.29 is 22.3 Å². The second-order valence-electron chi connectivity index (χ2n) is 12.0. The summed E-state index contributed by atoms with van der Waals surface area (Å²) in [4.78, 5) is 1.97. The van der Waals surface area contributed by atoms with Crippen molar-refractivity contribution in [2.45, 2.75) is 110 Å². The van der Waals surface area contributed by atoms with Gasteiger partial charge in [-0.15, -0.1) is 0 Å². The molecule has 0 unspecified atom stereocenters. The van der Waals surface area contributed by atoms with Crippen molar-refractivity contribution in [2.24, 2.45) is 17.8 Å². The third kappa shape index (κ3) is 5.21.